The maximum Gasteiger partial charge on any atom is 0.130 e. The van der Waals surface area contributed by atoms with E-state index in [-0.39, 0.29) is 18.5 Å². The van der Waals surface area contributed by atoms with E-state index in [1.165, 1.54) is 0 Å². The summed E-state index contributed by atoms with van der Waals surface area (Å²) in [7, 11) is 1.70. The van der Waals surface area contributed by atoms with Crippen molar-refractivity contribution in [1.29, 1.82) is 0 Å². The predicted octanol–water partition coefficient (Wildman–Crippen LogP) is 1.39. The van der Waals surface area contributed by atoms with Crippen molar-refractivity contribution >= 4 is 0 Å². The molecule has 2 nitrogen and oxygen atoms in total. The highest BCUT2D eigenvalue weighted by molar-refractivity contribution is 5.27. The van der Waals surface area contributed by atoms with Crippen LogP contribution in [-0.2, 0) is 0 Å². The van der Waals surface area contributed by atoms with Crippen LogP contribution in [0, 0.1) is 12.7 Å². The summed E-state index contributed by atoms with van der Waals surface area (Å²) in [6.07, 6.45) is 0. The molecule has 0 bridgehead atoms. The van der Waals surface area contributed by atoms with Crippen LogP contribution in [0.2, 0.25) is 0 Å². The molecule has 2 N–H and O–H groups in total. The summed E-state index contributed by atoms with van der Waals surface area (Å²) in [6, 6.07) is 4.86. The summed E-state index contributed by atoms with van der Waals surface area (Å²) in [5.41, 5.74) is 1.12. The van der Waals surface area contributed by atoms with Crippen molar-refractivity contribution in [2.45, 2.75) is 13.0 Å². The fourth-order valence-corrected chi connectivity index (χ4v) is 1.28. The van der Waals surface area contributed by atoms with E-state index in [4.69, 9.17) is 5.11 Å². The lowest BCUT2D eigenvalue weighted by Crippen LogP contribution is -2.21. The van der Waals surface area contributed by atoms with Crippen molar-refractivity contribution in [3.8, 4) is 0 Å². The Balaban J connectivity index is 3.05. The average Bonchev–Trinajstić information content (AvgIpc) is 2.14. The lowest BCUT2D eigenvalue weighted by atomic mass is 10.0. The number of halogens is 1. The van der Waals surface area contributed by atoms with Crippen molar-refractivity contribution in [3.05, 3.63) is 35.1 Å². The molecule has 0 spiro atoms. The van der Waals surface area contributed by atoms with Gasteiger partial charge in [-0.2, -0.15) is 0 Å². The Bertz CT molecular complexity index is 284. The Hall–Kier alpha value is -0.930. The maximum absolute atomic E-state index is 13.5. The van der Waals surface area contributed by atoms with E-state index < -0.39 is 0 Å². The van der Waals surface area contributed by atoms with E-state index in [1.54, 1.807) is 32.2 Å². The first-order valence-corrected chi connectivity index (χ1v) is 4.23. The number of hydrogen-bond acceptors (Lipinski definition) is 2. The molecule has 0 fully saturated rings. The summed E-state index contributed by atoms with van der Waals surface area (Å²) in [5, 5.41) is 11.8. The molecule has 1 rings (SSSR count). The van der Waals surface area contributed by atoms with Gasteiger partial charge in [-0.15, -0.1) is 0 Å². The molecular formula is C10H14FNO. The molecular weight excluding hydrogens is 169 g/mol. The van der Waals surface area contributed by atoms with Crippen LogP contribution in [0.5, 0.6) is 0 Å². The summed E-state index contributed by atoms with van der Waals surface area (Å²) >= 11 is 0. The molecule has 0 aliphatic heterocycles. The van der Waals surface area contributed by atoms with Crippen molar-refractivity contribution in [1.82, 2.24) is 5.32 Å². The highest BCUT2D eigenvalue weighted by Gasteiger charge is 2.13. The maximum atomic E-state index is 13.5. The molecule has 13 heavy (non-hydrogen) atoms. The standard InChI is InChI=1S/C10H14FNO/c1-7-4-3-5-8(10(7)11)9(6-13)12-2/h3-5,9,12-13H,6H2,1-2H3/t9-/m1/s1. The number of hydrogen-bond donors (Lipinski definition) is 2. The quantitative estimate of drug-likeness (QED) is 0.742. The topological polar surface area (TPSA) is 32.3 Å². The fraction of sp³-hybridized carbons (Fsp3) is 0.400. The van der Waals surface area contributed by atoms with Crippen LogP contribution in [-0.4, -0.2) is 18.8 Å². The Labute approximate surface area is 77.4 Å². The number of aliphatic hydroxyl groups is 1. The van der Waals surface area contributed by atoms with E-state index in [0.29, 0.717) is 11.1 Å². The third-order valence-electron chi connectivity index (χ3n) is 2.13. The van der Waals surface area contributed by atoms with Gasteiger partial charge < -0.3 is 10.4 Å². The van der Waals surface area contributed by atoms with E-state index in [9.17, 15) is 4.39 Å². The average molecular weight is 183 g/mol. The first-order valence-electron chi connectivity index (χ1n) is 4.23. The van der Waals surface area contributed by atoms with Crippen LogP contribution in [0.1, 0.15) is 17.2 Å². The molecule has 0 saturated carbocycles. The van der Waals surface area contributed by atoms with Crippen LogP contribution in [0.15, 0.2) is 18.2 Å². The lowest BCUT2D eigenvalue weighted by molar-refractivity contribution is 0.248. The second kappa shape index (κ2) is 4.35. The zero-order valence-electron chi connectivity index (χ0n) is 7.84. The molecule has 3 heteroatoms. The normalized spacial score (nSPS) is 12.9. The molecule has 72 valence electrons. The molecule has 0 amide bonds. The molecule has 0 aliphatic carbocycles. The molecule has 1 aromatic rings. The van der Waals surface area contributed by atoms with Crippen molar-refractivity contribution in [2.75, 3.05) is 13.7 Å². The van der Waals surface area contributed by atoms with Crippen LogP contribution in [0.3, 0.4) is 0 Å². The highest BCUT2D eigenvalue weighted by atomic mass is 19.1. The van der Waals surface area contributed by atoms with E-state index in [2.05, 4.69) is 5.32 Å². The minimum atomic E-state index is -0.320. The second-order valence-corrected chi connectivity index (χ2v) is 3.00. The van der Waals surface area contributed by atoms with Crippen LogP contribution >= 0.6 is 0 Å². The van der Waals surface area contributed by atoms with Gasteiger partial charge in [0.15, 0.2) is 0 Å². The number of nitrogens with one attached hydrogen (secondary N) is 1. The summed E-state index contributed by atoms with van der Waals surface area (Å²) in [6.45, 7) is 1.61. The Morgan fingerprint density at radius 2 is 2.23 bits per heavy atom. The summed E-state index contributed by atoms with van der Waals surface area (Å²) in [5.74, 6) is -0.240. The van der Waals surface area contributed by atoms with Crippen LogP contribution in [0.4, 0.5) is 4.39 Å². The van der Waals surface area contributed by atoms with Crippen LogP contribution in [0.25, 0.3) is 0 Å². The van der Waals surface area contributed by atoms with E-state index in [0.717, 1.165) is 0 Å². The van der Waals surface area contributed by atoms with Gasteiger partial charge in [-0.05, 0) is 19.5 Å². The molecule has 0 unspecified atom stereocenters. The second-order valence-electron chi connectivity index (χ2n) is 3.00. The minimum Gasteiger partial charge on any atom is -0.394 e. The number of aryl methyl sites for hydroxylation is 1. The molecule has 0 saturated heterocycles. The third kappa shape index (κ3) is 2.05. The Morgan fingerprint density at radius 3 is 2.77 bits per heavy atom. The predicted molar refractivity (Wildman–Crippen MR) is 50.0 cm³/mol. The van der Waals surface area contributed by atoms with Gasteiger partial charge in [-0.1, -0.05) is 18.2 Å². The molecule has 0 heterocycles. The van der Waals surface area contributed by atoms with Gasteiger partial charge in [0.25, 0.3) is 0 Å². The van der Waals surface area contributed by atoms with Gasteiger partial charge in [-0.3, -0.25) is 0 Å². The summed E-state index contributed by atoms with van der Waals surface area (Å²) < 4.78 is 13.5. The number of likely N-dealkylation sites (N-methyl/N-ethyl adjacent to an activating group) is 1. The molecule has 0 aliphatic rings. The highest BCUT2D eigenvalue weighted by Crippen LogP contribution is 2.18. The van der Waals surface area contributed by atoms with Gasteiger partial charge in [0, 0.05) is 5.56 Å². The van der Waals surface area contributed by atoms with Crippen molar-refractivity contribution < 1.29 is 9.50 Å². The third-order valence-corrected chi connectivity index (χ3v) is 2.13. The summed E-state index contributed by atoms with van der Waals surface area (Å²) in [4.78, 5) is 0. The number of aliphatic hydroxyl groups excluding tert-OH is 1. The zero-order valence-corrected chi connectivity index (χ0v) is 7.84. The fourth-order valence-electron chi connectivity index (χ4n) is 1.28. The molecule has 1 aromatic carbocycles. The SMILES string of the molecule is CN[C@H](CO)c1cccc(C)c1F. The number of rotatable bonds is 3. The first-order chi connectivity index (χ1) is 6.20. The smallest absolute Gasteiger partial charge is 0.130 e. The van der Waals surface area contributed by atoms with Gasteiger partial charge in [0.1, 0.15) is 5.82 Å². The van der Waals surface area contributed by atoms with Crippen molar-refractivity contribution in [2.24, 2.45) is 0 Å². The minimum absolute atomic E-state index is 0.100. The van der Waals surface area contributed by atoms with Gasteiger partial charge >= 0.3 is 0 Å². The van der Waals surface area contributed by atoms with Gasteiger partial charge in [0.2, 0.25) is 0 Å². The first kappa shape index (κ1) is 10.2. The van der Waals surface area contributed by atoms with E-state index in [1.807, 2.05) is 0 Å². The Morgan fingerprint density at radius 1 is 1.54 bits per heavy atom. The number of benzene rings is 1. The molecule has 0 aromatic heterocycles. The van der Waals surface area contributed by atoms with E-state index >= 15 is 0 Å². The van der Waals surface area contributed by atoms with Crippen molar-refractivity contribution in [3.63, 3.8) is 0 Å². The molecule has 1 atom stereocenters. The van der Waals surface area contributed by atoms with Gasteiger partial charge in [-0.25, -0.2) is 4.39 Å². The van der Waals surface area contributed by atoms with Crippen LogP contribution < -0.4 is 5.32 Å². The monoisotopic (exact) mass is 183 g/mol. The molecule has 0 radical (unpaired) electrons. The largest absolute Gasteiger partial charge is 0.394 e. The zero-order chi connectivity index (χ0) is 9.84. The van der Waals surface area contributed by atoms with Gasteiger partial charge in [0.05, 0.1) is 12.6 Å². The Kier molecular flexibility index (Phi) is 3.39. The lowest BCUT2D eigenvalue weighted by Gasteiger charge is -2.15.